The average molecular weight is 347 g/mol. The second-order valence-electron chi connectivity index (χ2n) is 5.19. The number of ether oxygens (including phenoxy) is 1. The lowest BCUT2D eigenvalue weighted by Crippen LogP contribution is -2.46. The van der Waals surface area contributed by atoms with Gasteiger partial charge in [-0.2, -0.15) is 0 Å². The van der Waals surface area contributed by atoms with E-state index >= 15 is 0 Å². The highest BCUT2D eigenvalue weighted by atomic mass is 79.9. The standard InChI is InChI=1S/C14H23BrN2OS/c1-3-18-12-5-4-6-17(8-12)14(10(2)16)13-7-11(15)9-19-13/h7,9-10,12,14H,3-6,8,16H2,1-2H3. The Labute approximate surface area is 128 Å². The molecule has 1 aliphatic heterocycles. The van der Waals surface area contributed by atoms with Crippen molar-refractivity contribution in [3.63, 3.8) is 0 Å². The smallest absolute Gasteiger partial charge is 0.0702 e. The molecule has 19 heavy (non-hydrogen) atoms. The number of hydrogen-bond donors (Lipinski definition) is 1. The van der Waals surface area contributed by atoms with Crippen molar-refractivity contribution in [3.05, 3.63) is 20.8 Å². The van der Waals surface area contributed by atoms with Crippen molar-refractivity contribution < 1.29 is 4.74 Å². The number of thiophene rings is 1. The van der Waals surface area contributed by atoms with Gasteiger partial charge in [0.15, 0.2) is 0 Å². The molecule has 3 unspecified atom stereocenters. The van der Waals surface area contributed by atoms with Gasteiger partial charge in [-0.05, 0) is 55.2 Å². The highest BCUT2D eigenvalue weighted by Gasteiger charge is 2.30. The predicted molar refractivity (Wildman–Crippen MR) is 84.6 cm³/mol. The van der Waals surface area contributed by atoms with E-state index in [2.05, 4.69) is 46.1 Å². The second-order valence-corrected chi connectivity index (χ2v) is 7.04. The summed E-state index contributed by atoms with van der Waals surface area (Å²) >= 11 is 5.32. The first-order chi connectivity index (χ1) is 9.11. The number of halogens is 1. The lowest BCUT2D eigenvalue weighted by molar-refractivity contribution is -0.0101. The molecule has 0 saturated carbocycles. The van der Waals surface area contributed by atoms with Crippen molar-refractivity contribution in [1.29, 1.82) is 0 Å². The Bertz CT molecular complexity index is 395. The first kappa shape index (κ1) is 15.4. The van der Waals surface area contributed by atoms with Gasteiger partial charge in [0.1, 0.15) is 0 Å². The van der Waals surface area contributed by atoms with Crippen molar-refractivity contribution in [2.45, 2.75) is 44.9 Å². The van der Waals surface area contributed by atoms with E-state index in [1.165, 1.54) is 17.7 Å². The molecule has 1 aromatic rings. The minimum atomic E-state index is 0.130. The van der Waals surface area contributed by atoms with Gasteiger partial charge in [0.25, 0.3) is 0 Å². The maximum absolute atomic E-state index is 6.24. The molecular weight excluding hydrogens is 324 g/mol. The van der Waals surface area contributed by atoms with Crippen LogP contribution in [0, 0.1) is 0 Å². The quantitative estimate of drug-likeness (QED) is 0.887. The fraction of sp³-hybridized carbons (Fsp3) is 0.714. The van der Waals surface area contributed by atoms with Gasteiger partial charge in [0.2, 0.25) is 0 Å². The summed E-state index contributed by atoms with van der Waals surface area (Å²) in [4.78, 5) is 3.84. The molecule has 0 aromatic carbocycles. The summed E-state index contributed by atoms with van der Waals surface area (Å²) in [6.07, 6.45) is 2.73. The van der Waals surface area contributed by atoms with Crippen molar-refractivity contribution in [2.24, 2.45) is 5.73 Å². The fourth-order valence-corrected chi connectivity index (χ4v) is 4.54. The normalized spacial score (nSPS) is 24.3. The van der Waals surface area contributed by atoms with Crippen LogP contribution in [0.15, 0.2) is 15.9 Å². The number of rotatable bonds is 5. The third-order valence-corrected chi connectivity index (χ3v) is 5.35. The summed E-state index contributed by atoms with van der Waals surface area (Å²) in [6, 6.07) is 2.63. The number of nitrogens with two attached hydrogens (primary N) is 1. The molecule has 1 aliphatic rings. The SMILES string of the molecule is CCOC1CCCN(C(c2cc(Br)cs2)C(C)N)C1. The van der Waals surface area contributed by atoms with E-state index in [9.17, 15) is 0 Å². The van der Waals surface area contributed by atoms with E-state index in [4.69, 9.17) is 10.5 Å². The van der Waals surface area contributed by atoms with Gasteiger partial charge in [-0.1, -0.05) is 0 Å². The van der Waals surface area contributed by atoms with Gasteiger partial charge in [-0.3, -0.25) is 4.90 Å². The summed E-state index contributed by atoms with van der Waals surface area (Å²) in [5, 5.41) is 2.13. The first-order valence-corrected chi connectivity index (χ1v) is 8.64. The van der Waals surface area contributed by atoms with Crippen LogP contribution in [0.3, 0.4) is 0 Å². The van der Waals surface area contributed by atoms with E-state index in [0.29, 0.717) is 12.1 Å². The van der Waals surface area contributed by atoms with Crippen LogP contribution >= 0.6 is 27.3 Å². The van der Waals surface area contributed by atoms with Crippen LogP contribution in [0.1, 0.15) is 37.6 Å². The fourth-order valence-electron chi connectivity index (χ4n) is 2.85. The van der Waals surface area contributed by atoms with Crippen LogP contribution in [0.2, 0.25) is 0 Å². The van der Waals surface area contributed by atoms with Gasteiger partial charge in [0.05, 0.1) is 12.1 Å². The van der Waals surface area contributed by atoms with Crippen LogP contribution in [-0.2, 0) is 4.74 Å². The molecule has 2 rings (SSSR count). The zero-order valence-corrected chi connectivity index (χ0v) is 14.0. The summed E-state index contributed by atoms with van der Waals surface area (Å²) in [7, 11) is 0. The highest BCUT2D eigenvalue weighted by Crippen LogP contribution is 2.33. The lowest BCUT2D eigenvalue weighted by Gasteiger charge is -2.39. The molecule has 0 radical (unpaired) electrons. The maximum Gasteiger partial charge on any atom is 0.0702 e. The van der Waals surface area contributed by atoms with Crippen molar-refractivity contribution in [3.8, 4) is 0 Å². The summed E-state index contributed by atoms with van der Waals surface area (Å²) < 4.78 is 6.95. The molecule has 5 heteroatoms. The highest BCUT2D eigenvalue weighted by molar-refractivity contribution is 9.10. The van der Waals surface area contributed by atoms with E-state index in [0.717, 1.165) is 24.2 Å². The molecule has 3 nitrogen and oxygen atoms in total. The monoisotopic (exact) mass is 346 g/mol. The number of piperidine rings is 1. The largest absolute Gasteiger partial charge is 0.377 e. The Morgan fingerprint density at radius 2 is 2.42 bits per heavy atom. The number of nitrogens with zero attached hydrogens (tertiary/aromatic N) is 1. The molecule has 0 bridgehead atoms. The van der Waals surface area contributed by atoms with E-state index < -0.39 is 0 Å². The molecule has 2 heterocycles. The molecule has 2 N–H and O–H groups in total. The van der Waals surface area contributed by atoms with E-state index in [1.54, 1.807) is 11.3 Å². The molecule has 108 valence electrons. The Morgan fingerprint density at radius 1 is 1.63 bits per heavy atom. The minimum absolute atomic E-state index is 0.130. The summed E-state index contributed by atoms with van der Waals surface area (Å²) in [6.45, 7) is 7.08. The molecule has 1 aromatic heterocycles. The van der Waals surface area contributed by atoms with Gasteiger partial charge in [-0.25, -0.2) is 0 Å². The maximum atomic E-state index is 6.24. The van der Waals surface area contributed by atoms with Crippen molar-refractivity contribution in [1.82, 2.24) is 4.90 Å². The van der Waals surface area contributed by atoms with Gasteiger partial charge >= 0.3 is 0 Å². The zero-order chi connectivity index (χ0) is 13.8. The second kappa shape index (κ2) is 7.18. The van der Waals surface area contributed by atoms with Gasteiger partial charge < -0.3 is 10.5 Å². The summed E-state index contributed by atoms with van der Waals surface area (Å²) in [5.41, 5.74) is 6.24. The minimum Gasteiger partial charge on any atom is -0.377 e. The molecular formula is C14H23BrN2OS. The topological polar surface area (TPSA) is 38.5 Å². The summed E-state index contributed by atoms with van der Waals surface area (Å²) in [5.74, 6) is 0. The van der Waals surface area contributed by atoms with Crippen LogP contribution in [0.25, 0.3) is 0 Å². The predicted octanol–water partition coefficient (Wildman–Crippen LogP) is 3.40. The Balaban J connectivity index is 2.10. The van der Waals surface area contributed by atoms with Crippen LogP contribution in [0.5, 0.6) is 0 Å². The Hall–Kier alpha value is 0.0600. The molecule has 0 spiro atoms. The average Bonchev–Trinajstić information content (AvgIpc) is 2.76. The third kappa shape index (κ3) is 4.02. The van der Waals surface area contributed by atoms with E-state index in [1.807, 2.05) is 0 Å². The van der Waals surface area contributed by atoms with Crippen LogP contribution < -0.4 is 5.73 Å². The number of likely N-dealkylation sites (tertiary alicyclic amines) is 1. The Kier molecular flexibility index (Phi) is 5.84. The van der Waals surface area contributed by atoms with Gasteiger partial charge in [0, 0.05) is 33.9 Å². The molecule has 0 amide bonds. The van der Waals surface area contributed by atoms with Gasteiger partial charge in [-0.15, -0.1) is 11.3 Å². The first-order valence-electron chi connectivity index (χ1n) is 6.97. The van der Waals surface area contributed by atoms with Crippen LogP contribution in [-0.4, -0.2) is 36.7 Å². The number of hydrogen-bond acceptors (Lipinski definition) is 4. The Morgan fingerprint density at radius 3 is 3.00 bits per heavy atom. The van der Waals surface area contributed by atoms with Crippen molar-refractivity contribution >= 4 is 27.3 Å². The van der Waals surface area contributed by atoms with Crippen molar-refractivity contribution in [2.75, 3.05) is 19.7 Å². The molecule has 3 atom stereocenters. The molecule has 1 fully saturated rings. The lowest BCUT2D eigenvalue weighted by atomic mass is 10.0. The molecule has 0 aliphatic carbocycles. The van der Waals surface area contributed by atoms with Crippen LogP contribution in [0.4, 0.5) is 0 Å². The van der Waals surface area contributed by atoms with E-state index in [-0.39, 0.29) is 6.04 Å². The third-order valence-electron chi connectivity index (χ3n) is 3.58. The zero-order valence-electron chi connectivity index (χ0n) is 11.6. The molecule has 1 saturated heterocycles.